The van der Waals surface area contributed by atoms with E-state index in [1.165, 1.54) is 0 Å². The molecule has 64 valence electrons. The van der Waals surface area contributed by atoms with E-state index >= 15 is 0 Å². The van der Waals surface area contributed by atoms with Crippen LogP contribution >= 0.6 is 0 Å². The molecule has 2 aromatic rings. The first-order valence-corrected chi connectivity index (χ1v) is 3.98. The molecule has 0 atom stereocenters. The second-order valence-electron chi connectivity index (χ2n) is 2.61. The molecule has 0 aliphatic rings. The smallest absolute Gasteiger partial charge is 0.135 e. The Labute approximate surface area is 75.8 Å². The van der Waals surface area contributed by atoms with E-state index in [1.54, 1.807) is 6.26 Å². The zero-order chi connectivity index (χ0) is 9.10. The Balaban J connectivity index is 2.58. The van der Waals surface area contributed by atoms with Gasteiger partial charge in [-0.3, -0.25) is 0 Å². The largest absolute Gasteiger partial charge is 0.463 e. The molecule has 1 aromatic carbocycles. The Bertz CT molecular complexity index is 471. The summed E-state index contributed by atoms with van der Waals surface area (Å²) in [5, 5.41) is 9.52. The zero-order valence-electron chi connectivity index (χ0n) is 6.95. The van der Waals surface area contributed by atoms with Crippen LogP contribution < -0.4 is 0 Å². The normalized spacial score (nSPS) is 9.62. The molecule has 2 heteroatoms. The van der Waals surface area contributed by atoms with Gasteiger partial charge in [0, 0.05) is 5.39 Å². The lowest BCUT2D eigenvalue weighted by Crippen LogP contribution is -1.73. The Morgan fingerprint density at radius 1 is 1.31 bits per heavy atom. The van der Waals surface area contributed by atoms with E-state index in [9.17, 15) is 0 Å². The fourth-order valence-electron chi connectivity index (χ4n) is 1.21. The number of aliphatic hydroxyl groups is 1. The van der Waals surface area contributed by atoms with Gasteiger partial charge in [-0.1, -0.05) is 24.0 Å². The van der Waals surface area contributed by atoms with Gasteiger partial charge in [0.25, 0.3) is 0 Å². The summed E-state index contributed by atoms with van der Waals surface area (Å²) in [7, 11) is 0. The van der Waals surface area contributed by atoms with Crippen molar-refractivity contribution in [2.24, 2.45) is 0 Å². The Morgan fingerprint density at radius 2 is 2.15 bits per heavy atom. The number of rotatable bonds is 0. The third-order valence-corrected chi connectivity index (χ3v) is 1.78. The average Bonchev–Trinajstić information content (AvgIpc) is 2.58. The summed E-state index contributed by atoms with van der Waals surface area (Å²) in [6, 6.07) is 7.68. The van der Waals surface area contributed by atoms with Crippen LogP contribution in [0.25, 0.3) is 11.0 Å². The summed E-state index contributed by atoms with van der Waals surface area (Å²) >= 11 is 0. The van der Waals surface area contributed by atoms with E-state index in [4.69, 9.17) is 9.52 Å². The van der Waals surface area contributed by atoms with Gasteiger partial charge in [-0.15, -0.1) is 0 Å². The standard InChI is InChI=1S/C11H8O2/c12-7-3-4-9-8-13-11-6-2-1-5-10(9)11/h1-2,5-6,8,12H,7H2. The van der Waals surface area contributed by atoms with Gasteiger partial charge in [-0.05, 0) is 12.1 Å². The third-order valence-electron chi connectivity index (χ3n) is 1.78. The van der Waals surface area contributed by atoms with Crippen molar-refractivity contribution in [2.45, 2.75) is 0 Å². The van der Waals surface area contributed by atoms with Crippen molar-refractivity contribution in [2.75, 3.05) is 6.61 Å². The predicted octanol–water partition coefficient (Wildman–Crippen LogP) is 1.78. The molecule has 13 heavy (non-hydrogen) atoms. The first-order chi connectivity index (χ1) is 6.42. The molecule has 0 amide bonds. The number of hydrogen-bond donors (Lipinski definition) is 1. The van der Waals surface area contributed by atoms with Crippen molar-refractivity contribution in [3.8, 4) is 11.8 Å². The molecule has 2 nitrogen and oxygen atoms in total. The molecule has 0 saturated carbocycles. The van der Waals surface area contributed by atoms with Crippen molar-refractivity contribution >= 4 is 11.0 Å². The second-order valence-corrected chi connectivity index (χ2v) is 2.61. The van der Waals surface area contributed by atoms with E-state index in [0.29, 0.717) is 0 Å². The highest BCUT2D eigenvalue weighted by Crippen LogP contribution is 2.19. The lowest BCUT2D eigenvalue weighted by molar-refractivity contribution is 0.350. The minimum Gasteiger partial charge on any atom is -0.463 e. The van der Waals surface area contributed by atoms with Crippen LogP contribution in [0.2, 0.25) is 0 Å². The van der Waals surface area contributed by atoms with Crippen LogP contribution in [0.4, 0.5) is 0 Å². The highest BCUT2D eigenvalue weighted by atomic mass is 16.3. The van der Waals surface area contributed by atoms with Gasteiger partial charge in [-0.25, -0.2) is 0 Å². The first-order valence-electron chi connectivity index (χ1n) is 3.98. The van der Waals surface area contributed by atoms with Crippen LogP contribution in [0, 0.1) is 11.8 Å². The van der Waals surface area contributed by atoms with Crippen molar-refractivity contribution in [3.63, 3.8) is 0 Å². The molecule has 0 saturated heterocycles. The van der Waals surface area contributed by atoms with Crippen LogP contribution in [0.15, 0.2) is 34.9 Å². The number of fused-ring (bicyclic) bond motifs is 1. The summed E-state index contributed by atoms with van der Waals surface area (Å²) in [6.07, 6.45) is 1.60. The third kappa shape index (κ3) is 1.42. The summed E-state index contributed by atoms with van der Waals surface area (Å²) in [5.41, 5.74) is 1.65. The highest BCUT2D eigenvalue weighted by molar-refractivity contribution is 5.83. The van der Waals surface area contributed by atoms with Crippen molar-refractivity contribution in [1.29, 1.82) is 0 Å². The van der Waals surface area contributed by atoms with Crippen LogP contribution in [-0.2, 0) is 0 Å². The topological polar surface area (TPSA) is 33.4 Å². The molecule has 0 radical (unpaired) electrons. The predicted molar refractivity (Wildman–Crippen MR) is 50.2 cm³/mol. The fraction of sp³-hybridized carbons (Fsp3) is 0.0909. The summed E-state index contributed by atoms with van der Waals surface area (Å²) in [5.74, 6) is 5.41. The maximum absolute atomic E-state index is 8.53. The SMILES string of the molecule is OCC#Cc1coc2ccccc12. The van der Waals surface area contributed by atoms with Crippen LogP contribution in [-0.4, -0.2) is 11.7 Å². The van der Waals surface area contributed by atoms with Crippen LogP contribution in [0.5, 0.6) is 0 Å². The minimum absolute atomic E-state index is 0.125. The van der Waals surface area contributed by atoms with Crippen molar-refractivity contribution in [1.82, 2.24) is 0 Å². The van der Waals surface area contributed by atoms with Crippen LogP contribution in [0.3, 0.4) is 0 Å². The molecule has 0 fully saturated rings. The lowest BCUT2D eigenvalue weighted by Gasteiger charge is -1.85. The van der Waals surface area contributed by atoms with Gasteiger partial charge in [-0.2, -0.15) is 0 Å². The van der Waals surface area contributed by atoms with E-state index in [2.05, 4.69) is 11.8 Å². The van der Waals surface area contributed by atoms with E-state index < -0.39 is 0 Å². The lowest BCUT2D eigenvalue weighted by atomic mass is 10.2. The molecule has 1 N–H and O–H groups in total. The van der Waals surface area contributed by atoms with Crippen molar-refractivity contribution in [3.05, 3.63) is 36.1 Å². The molecule has 0 unspecified atom stereocenters. The summed E-state index contributed by atoms with van der Waals surface area (Å²) < 4.78 is 5.26. The molecule has 2 rings (SSSR count). The molecule has 0 spiro atoms. The van der Waals surface area contributed by atoms with E-state index in [1.807, 2.05) is 24.3 Å². The van der Waals surface area contributed by atoms with E-state index in [-0.39, 0.29) is 6.61 Å². The maximum Gasteiger partial charge on any atom is 0.135 e. The molecule has 1 heterocycles. The highest BCUT2D eigenvalue weighted by Gasteiger charge is 2.00. The number of hydrogen-bond acceptors (Lipinski definition) is 2. The molecule has 0 aliphatic carbocycles. The van der Waals surface area contributed by atoms with Gasteiger partial charge in [0.1, 0.15) is 18.5 Å². The quantitative estimate of drug-likeness (QED) is 0.614. The number of furan rings is 1. The monoisotopic (exact) mass is 172 g/mol. The van der Waals surface area contributed by atoms with Crippen molar-refractivity contribution < 1.29 is 9.52 Å². The molecular weight excluding hydrogens is 164 g/mol. The van der Waals surface area contributed by atoms with Crippen LogP contribution in [0.1, 0.15) is 5.56 Å². The average molecular weight is 172 g/mol. The zero-order valence-corrected chi connectivity index (χ0v) is 6.95. The maximum atomic E-state index is 8.53. The van der Waals surface area contributed by atoms with Gasteiger partial charge < -0.3 is 9.52 Å². The molecule has 1 aromatic heterocycles. The Hall–Kier alpha value is -1.72. The van der Waals surface area contributed by atoms with Gasteiger partial charge >= 0.3 is 0 Å². The Morgan fingerprint density at radius 3 is 3.00 bits per heavy atom. The molecule has 0 aliphatic heterocycles. The molecule has 0 bridgehead atoms. The minimum atomic E-state index is -0.125. The van der Waals surface area contributed by atoms with E-state index in [0.717, 1.165) is 16.5 Å². The second kappa shape index (κ2) is 3.34. The van der Waals surface area contributed by atoms with Gasteiger partial charge in [0.2, 0.25) is 0 Å². The number of benzene rings is 1. The molecular formula is C11H8O2. The summed E-state index contributed by atoms with van der Waals surface area (Å²) in [4.78, 5) is 0. The number of aliphatic hydroxyl groups excluding tert-OH is 1. The van der Waals surface area contributed by atoms with Gasteiger partial charge in [0.15, 0.2) is 0 Å². The fourth-order valence-corrected chi connectivity index (χ4v) is 1.21. The summed E-state index contributed by atoms with van der Waals surface area (Å²) in [6.45, 7) is -0.125. The first kappa shape index (κ1) is 7.90. The number of para-hydroxylation sites is 1. The van der Waals surface area contributed by atoms with Gasteiger partial charge in [0.05, 0.1) is 5.56 Å². The Kier molecular flexibility index (Phi) is 2.03.